The molecule has 0 amide bonds. The molecular formula is C16H44NO4Si4+. The topological polar surface area (TPSA) is 47.9 Å². The molecule has 0 radical (unpaired) electrons. The van der Waals surface area contributed by atoms with Crippen LogP contribution in [-0.4, -0.2) is 77.1 Å². The molecule has 0 spiro atoms. The van der Waals surface area contributed by atoms with Crippen molar-refractivity contribution in [3.8, 4) is 0 Å². The fourth-order valence-corrected chi connectivity index (χ4v) is 17.4. The van der Waals surface area contributed by atoms with Gasteiger partial charge in [-0.1, -0.05) is 0 Å². The van der Waals surface area contributed by atoms with Gasteiger partial charge in [-0.3, -0.25) is 0 Å². The Bertz CT molecular complexity index is 360. The van der Waals surface area contributed by atoms with Gasteiger partial charge in [0.15, 0.2) is 25.0 Å². The highest BCUT2D eigenvalue weighted by molar-refractivity contribution is 6.90. The van der Waals surface area contributed by atoms with Crippen LogP contribution in [-0.2, 0) is 12.3 Å². The van der Waals surface area contributed by atoms with Crippen LogP contribution in [0, 0.1) is 0 Å². The smallest absolute Gasteiger partial charge is 0.417 e. The fourth-order valence-electron chi connectivity index (χ4n) is 2.72. The zero-order valence-corrected chi connectivity index (χ0v) is 22.7. The maximum absolute atomic E-state index is 9.26. The molecule has 0 aliphatic rings. The summed E-state index contributed by atoms with van der Waals surface area (Å²) in [5.74, 6) is 0. The molecule has 0 aromatic rings. The first-order chi connectivity index (χ1) is 10.9. The van der Waals surface area contributed by atoms with Crippen molar-refractivity contribution in [1.82, 2.24) is 0 Å². The Hall–Kier alpha value is 0.668. The average molecular weight is 427 g/mol. The summed E-state index contributed by atoms with van der Waals surface area (Å²) in [6.45, 7) is 22.0. The van der Waals surface area contributed by atoms with E-state index in [1.807, 2.05) is 0 Å². The van der Waals surface area contributed by atoms with Crippen molar-refractivity contribution in [2.24, 2.45) is 0 Å². The second-order valence-corrected chi connectivity index (χ2v) is 27.5. The molecule has 0 fully saturated rings. The minimum absolute atomic E-state index is 0.220. The zero-order chi connectivity index (χ0) is 20.2. The second kappa shape index (κ2) is 9.24. The van der Waals surface area contributed by atoms with Crippen molar-refractivity contribution in [2.45, 2.75) is 71.4 Å². The molecule has 0 aliphatic carbocycles. The van der Waals surface area contributed by atoms with Gasteiger partial charge in [-0.2, -0.15) is 0 Å². The highest BCUT2D eigenvalue weighted by atomic mass is 28.5. The highest BCUT2D eigenvalue weighted by Gasteiger charge is 2.49. The van der Waals surface area contributed by atoms with E-state index in [-0.39, 0.29) is 6.61 Å². The van der Waals surface area contributed by atoms with Gasteiger partial charge in [-0.25, -0.2) is 0 Å². The third-order valence-electron chi connectivity index (χ3n) is 3.34. The number of nitrogens with zero attached hydrogens (tertiary/aromatic N) is 1. The summed E-state index contributed by atoms with van der Waals surface area (Å²) in [7, 11) is -3.76. The first-order valence-corrected chi connectivity index (χ1v) is 21.6. The first-order valence-electron chi connectivity index (χ1n) is 9.42. The van der Waals surface area contributed by atoms with Gasteiger partial charge in [-0.15, -0.1) is 0 Å². The first kappa shape index (κ1) is 25.7. The lowest BCUT2D eigenvalue weighted by Crippen LogP contribution is -2.60. The SMILES string of the molecule is C[N+](C)(CCO)CCC[Si](O[Si](C)(C)C)(O[Si](C)(C)C)O[Si](C)(C)C. The summed E-state index contributed by atoms with van der Waals surface area (Å²) < 4.78 is 20.9. The molecule has 1 N–H and O–H groups in total. The van der Waals surface area contributed by atoms with E-state index in [0.717, 1.165) is 30.0 Å². The van der Waals surface area contributed by atoms with Gasteiger partial charge in [-0.05, 0) is 58.9 Å². The van der Waals surface area contributed by atoms with Crippen LogP contribution in [0.1, 0.15) is 6.42 Å². The van der Waals surface area contributed by atoms with Crippen LogP contribution in [0.2, 0.25) is 65.0 Å². The molecule has 0 rings (SSSR count). The number of quaternary nitrogens is 1. The minimum Gasteiger partial charge on any atom is -0.417 e. The van der Waals surface area contributed by atoms with E-state index in [1.54, 1.807) is 0 Å². The van der Waals surface area contributed by atoms with Gasteiger partial charge >= 0.3 is 8.80 Å². The van der Waals surface area contributed by atoms with Crippen molar-refractivity contribution >= 4 is 33.8 Å². The van der Waals surface area contributed by atoms with Crippen molar-refractivity contribution in [1.29, 1.82) is 0 Å². The zero-order valence-electron chi connectivity index (χ0n) is 18.7. The summed E-state index contributed by atoms with van der Waals surface area (Å²) >= 11 is 0. The lowest BCUT2D eigenvalue weighted by molar-refractivity contribution is -0.890. The van der Waals surface area contributed by atoms with E-state index >= 15 is 0 Å². The Kier molecular flexibility index (Phi) is 9.49. The Morgan fingerprint density at radius 3 is 1.32 bits per heavy atom. The van der Waals surface area contributed by atoms with Crippen molar-refractivity contribution in [2.75, 3.05) is 33.8 Å². The molecule has 0 atom stereocenters. The summed E-state index contributed by atoms with van der Waals surface area (Å²) in [6.07, 6.45) is 0.999. The second-order valence-electron chi connectivity index (χ2n) is 10.5. The third-order valence-corrected chi connectivity index (χ3v) is 15.4. The largest absolute Gasteiger partial charge is 0.469 e. The van der Waals surface area contributed by atoms with E-state index < -0.39 is 33.8 Å². The molecule has 0 aliphatic heterocycles. The monoisotopic (exact) mass is 426 g/mol. The van der Waals surface area contributed by atoms with Crippen LogP contribution in [0.25, 0.3) is 0 Å². The van der Waals surface area contributed by atoms with Gasteiger partial charge < -0.3 is 21.9 Å². The van der Waals surface area contributed by atoms with E-state index in [1.165, 1.54) is 0 Å². The van der Waals surface area contributed by atoms with Gasteiger partial charge in [0.05, 0.1) is 27.2 Å². The molecule has 9 heteroatoms. The molecule has 0 bridgehead atoms. The number of likely N-dealkylation sites (N-methyl/N-ethyl adjacent to an activating group) is 1. The molecular weight excluding hydrogens is 383 g/mol. The standard InChI is InChI=1S/C16H44NO4Si4/c1-17(2,14-15-18)13-12-16-25(19-22(3,4)5,20-23(6,7)8)21-24(9,10)11/h18H,12-16H2,1-11H3/q+1. The predicted octanol–water partition coefficient (Wildman–Crippen LogP) is 3.94. The number of rotatable bonds is 12. The van der Waals surface area contributed by atoms with Crippen LogP contribution in [0.5, 0.6) is 0 Å². The maximum atomic E-state index is 9.26. The Morgan fingerprint density at radius 2 is 1.04 bits per heavy atom. The molecule has 5 nitrogen and oxygen atoms in total. The molecule has 0 aromatic carbocycles. The quantitative estimate of drug-likeness (QED) is 0.379. The summed E-state index contributed by atoms with van der Waals surface area (Å²) in [5, 5.41) is 9.26. The van der Waals surface area contributed by atoms with Crippen molar-refractivity contribution < 1.29 is 21.9 Å². The van der Waals surface area contributed by atoms with Gasteiger partial charge in [0.25, 0.3) is 0 Å². The van der Waals surface area contributed by atoms with Crippen LogP contribution in [0.3, 0.4) is 0 Å². The number of aliphatic hydroxyl groups excluding tert-OH is 1. The van der Waals surface area contributed by atoms with Crippen LogP contribution in [0.15, 0.2) is 0 Å². The van der Waals surface area contributed by atoms with E-state index in [4.69, 9.17) is 12.3 Å². The Balaban J connectivity index is 5.43. The highest BCUT2D eigenvalue weighted by Crippen LogP contribution is 2.30. The van der Waals surface area contributed by atoms with Gasteiger partial charge in [0.2, 0.25) is 0 Å². The van der Waals surface area contributed by atoms with E-state index in [0.29, 0.717) is 0 Å². The Morgan fingerprint density at radius 1 is 0.680 bits per heavy atom. The van der Waals surface area contributed by atoms with Gasteiger partial charge in [0.1, 0.15) is 6.54 Å². The van der Waals surface area contributed by atoms with Gasteiger partial charge in [0, 0.05) is 12.5 Å². The van der Waals surface area contributed by atoms with Crippen molar-refractivity contribution in [3.05, 3.63) is 0 Å². The van der Waals surface area contributed by atoms with Crippen LogP contribution >= 0.6 is 0 Å². The summed E-state index contributed by atoms with van der Waals surface area (Å²) in [4.78, 5) is 0. The molecule has 152 valence electrons. The number of aliphatic hydroxyl groups is 1. The Labute approximate surface area is 161 Å². The number of hydrogen-bond acceptors (Lipinski definition) is 4. The predicted molar refractivity (Wildman–Crippen MR) is 117 cm³/mol. The lowest BCUT2D eigenvalue weighted by atomic mass is 10.4. The normalized spacial score (nSPS) is 14.9. The number of hydrogen-bond donors (Lipinski definition) is 1. The molecule has 0 aromatic heterocycles. The fraction of sp³-hybridized carbons (Fsp3) is 1.00. The summed E-state index contributed by atoms with van der Waals surface area (Å²) in [6, 6.07) is 0.874. The van der Waals surface area contributed by atoms with Crippen molar-refractivity contribution in [3.63, 3.8) is 0 Å². The summed E-state index contributed by atoms with van der Waals surface area (Å²) in [5.41, 5.74) is 0. The van der Waals surface area contributed by atoms with E-state index in [2.05, 4.69) is 73.0 Å². The van der Waals surface area contributed by atoms with Crippen LogP contribution < -0.4 is 0 Å². The molecule has 0 unspecified atom stereocenters. The van der Waals surface area contributed by atoms with Crippen LogP contribution in [0.4, 0.5) is 0 Å². The maximum Gasteiger partial charge on any atom is 0.469 e. The van der Waals surface area contributed by atoms with E-state index in [9.17, 15) is 5.11 Å². The molecule has 0 saturated carbocycles. The lowest BCUT2D eigenvalue weighted by Gasteiger charge is -2.43. The third kappa shape index (κ3) is 13.5. The molecule has 0 saturated heterocycles. The minimum atomic E-state index is -2.71. The molecule has 0 heterocycles. The average Bonchev–Trinajstić information content (AvgIpc) is 2.19. The molecule has 25 heavy (non-hydrogen) atoms.